The third-order valence-corrected chi connectivity index (χ3v) is 7.28. The molecule has 0 aromatic heterocycles. The van der Waals surface area contributed by atoms with Crippen molar-refractivity contribution >= 4 is 17.3 Å². The first kappa shape index (κ1) is 20.5. The lowest BCUT2D eigenvalue weighted by Crippen LogP contribution is -2.44. The van der Waals surface area contributed by atoms with Crippen LogP contribution in [-0.4, -0.2) is 56.6 Å². The normalized spacial score (nSPS) is 24.0. The molecule has 5 heteroatoms. The van der Waals surface area contributed by atoms with Crippen LogP contribution in [0.3, 0.4) is 0 Å². The molecule has 2 atom stereocenters. The topological polar surface area (TPSA) is 47.6 Å². The van der Waals surface area contributed by atoms with Gasteiger partial charge < -0.3 is 20.4 Å². The maximum absolute atomic E-state index is 12.7. The number of carbonyl (C=O) groups excluding carboxylic acids is 1. The number of benzene rings is 2. The third kappa shape index (κ3) is 4.94. The minimum atomic E-state index is -0.0517. The molecular weight excluding hydrogens is 384 g/mol. The molecule has 5 nitrogen and oxygen atoms in total. The molecule has 1 amide bonds. The number of piperazine rings is 1. The van der Waals surface area contributed by atoms with E-state index in [2.05, 4.69) is 51.7 Å². The van der Waals surface area contributed by atoms with Crippen LogP contribution in [0.4, 0.5) is 11.4 Å². The zero-order valence-corrected chi connectivity index (χ0v) is 18.5. The van der Waals surface area contributed by atoms with Gasteiger partial charge in [-0.25, -0.2) is 0 Å². The van der Waals surface area contributed by atoms with E-state index in [1.54, 1.807) is 0 Å². The van der Waals surface area contributed by atoms with Crippen molar-refractivity contribution in [3.8, 4) is 0 Å². The fraction of sp³-hybridized carbons (Fsp3) is 0.500. The Bertz CT molecular complexity index is 883. The first-order valence-electron chi connectivity index (χ1n) is 11.8. The van der Waals surface area contributed by atoms with Crippen LogP contribution in [0.5, 0.6) is 0 Å². The lowest BCUT2D eigenvalue weighted by Gasteiger charge is -2.34. The van der Waals surface area contributed by atoms with Gasteiger partial charge in [0, 0.05) is 55.1 Å². The molecule has 2 unspecified atom stereocenters. The summed E-state index contributed by atoms with van der Waals surface area (Å²) in [7, 11) is 2.16. The van der Waals surface area contributed by atoms with Crippen molar-refractivity contribution in [3.05, 3.63) is 59.7 Å². The predicted molar refractivity (Wildman–Crippen MR) is 127 cm³/mol. The van der Waals surface area contributed by atoms with Crippen molar-refractivity contribution in [2.75, 3.05) is 50.0 Å². The smallest absolute Gasteiger partial charge is 0.255 e. The summed E-state index contributed by atoms with van der Waals surface area (Å²) in [6.45, 7) is 5.41. The molecule has 2 aliphatic carbocycles. The van der Waals surface area contributed by atoms with Crippen molar-refractivity contribution in [1.29, 1.82) is 0 Å². The molecule has 1 heterocycles. The largest absolute Gasteiger partial charge is 0.369 e. The highest BCUT2D eigenvalue weighted by atomic mass is 16.1. The van der Waals surface area contributed by atoms with Gasteiger partial charge in [-0.3, -0.25) is 4.79 Å². The summed E-state index contributed by atoms with van der Waals surface area (Å²) in [6, 6.07) is 17.0. The first-order valence-corrected chi connectivity index (χ1v) is 11.8. The number of nitrogens with zero attached hydrogens (tertiary/aromatic N) is 2. The van der Waals surface area contributed by atoms with E-state index in [0.29, 0.717) is 17.5 Å². The molecule has 2 aromatic rings. The second kappa shape index (κ2) is 9.01. The van der Waals surface area contributed by atoms with E-state index in [0.717, 1.165) is 37.8 Å². The van der Waals surface area contributed by atoms with Gasteiger partial charge in [0.25, 0.3) is 5.91 Å². The minimum absolute atomic E-state index is 0.0517. The highest BCUT2D eigenvalue weighted by molar-refractivity contribution is 6.04. The van der Waals surface area contributed by atoms with Crippen LogP contribution in [0.15, 0.2) is 48.5 Å². The van der Waals surface area contributed by atoms with E-state index in [4.69, 9.17) is 0 Å². The number of carbonyl (C=O) groups is 1. The summed E-state index contributed by atoms with van der Waals surface area (Å²) < 4.78 is 0. The molecule has 2 aromatic carbocycles. The Hall–Kier alpha value is -2.37. The van der Waals surface area contributed by atoms with Gasteiger partial charge in [0.2, 0.25) is 0 Å². The fourth-order valence-corrected chi connectivity index (χ4v) is 4.71. The highest BCUT2D eigenvalue weighted by Crippen LogP contribution is 2.41. The maximum atomic E-state index is 12.7. The van der Waals surface area contributed by atoms with Gasteiger partial charge in [0.15, 0.2) is 0 Å². The molecule has 31 heavy (non-hydrogen) atoms. The molecule has 0 spiro atoms. The summed E-state index contributed by atoms with van der Waals surface area (Å²) >= 11 is 0. The molecule has 5 rings (SSSR count). The van der Waals surface area contributed by atoms with Gasteiger partial charge in [0.1, 0.15) is 0 Å². The van der Waals surface area contributed by atoms with Gasteiger partial charge in [0.05, 0.1) is 0 Å². The SMILES string of the molecule is CN1CCN(c2ccc(C(=O)Nc3ccc(C4CC4NCC4CCC4)cc3)cc2)CC1. The van der Waals surface area contributed by atoms with E-state index in [1.807, 2.05) is 24.3 Å². The van der Waals surface area contributed by atoms with Crippen molar-refractivity contribution in [1.82, 2.24) is 10.2 Å². The molecule has 3 fully saturated rings. The Morgan fingerprint density at radius 3 is 2.32 bits per heavy atom. The van der Waals surface area contributed by atoms with Crippen LogP contribution in [0.2, 0.25) is 0 Å². The number of rotatable bonds is 7. The Balaban J connectivity index is 1.12. The summed E-state index contributed by atoms with van der Waals surface area (Å²) in [5.74, 6) is 1.49. The average Bonchev–Trinajstić information content (AvgIpc) is 3.53. The molecule has 164 valence electrons. The summed E-state index contributed by atoms with van der Waals surface area (Å²) in [5.41, 5.74) is 4.13. The Kier molecular flexibility index (Phi) is 5.97. The number of hydrogen-bond acceptors (Lipinski definition) is 4. The quantitative estimate of drug-likeness (QED) is 0.715. The van der Waals surface area contributed by atoms with Gasteiger partial charge in [-0.05, 0) is 80.7 Å². The summed E-state index contributed by atoms with van der Waals surface area (Å²) in [6.07, 6.45) is 5.45. The van der Waals surface area contributed by atoms with Gasteiger partial charge in [-0.1, -0.05) is 18.6 Å². The van der Waals surface area contributed by atoms with Crippen LogP contribution in [0.25, 0.3) is 0 Å². The van der Waals surface area contributed by atoms with E-state index < -0.39 is 0 Å². The van der Waals surface area contributed by atoms with Crippen LogP contribution >= 0.6 is 0 Å². The van der Waals surface area contributed by atoms with Crippen molar-refractivity contribution in [3.63, 3.8) is 0 Å². The Morgan fingerprint density at radius 2 is 1.68 bits per heavy atom. The Labute approximate surface area is 185 Å². The van der Waals surface area contributed by atoms with Crippen molar-refractivity contribution in [2.24, 2.45) is 5.92 Å². The number of anilines is 2. The van der Waals surface area contributed by atoms with E-state index in [1.165, 1.54) is 43.5 Å². The van der Waals surface area contributed by atoms with Crippen LogP contribution in [-0.2, 0) is 0 Å². The molecule has 3 aliphatic rings. The van der Waals surface area contributed by atoms with Crippen LogP contribution < -0.4 is 15.5 Å². The molecule has 2 N–H and O–H groups in total. The van der Waals surface area contributed by atoms with Crippen LogP contribution in [0.1, 0.15) is 47.5 Å². The second-order valence-electron chi connectivity index (χ2n) is 9.57. The van der Waals surface area contributed by atoms with Gasteiger partial charge in [-0.15, -0.1) is 0 Å². The van der Waals surface area contributed by atoms with Gasteiger partial charge in [-0.2, -0.15) is 0 Å². The molecule has 2 saturated carbocycles. The summed E-state index contributed by atoms with van der Waals surface area (Å²) in [4.78, 5) is 17.4. The van der Waals surface area contributed by atoms with Crippen molar-refractivity contribution < 1.29 is 4.79 Å². The standard InChI is InChI=1S/C26H34N4O/c1-29-13-15-30(16-14-29)23-11-7-21(8-12-23)26(31)28-22-9-5-20(6-10-22)24-17-25(24)27-18-19-3-2-4-19/h5-12,19,24-25,27H,2-4,13-18H2,1H3,(H,28,31). The number of hydrogen-bond donors (Lipinski definition) is 2. The summed E-state index contributed by atoms with van der Waals surface area (Å²) in [5, 5.41) is 6.77. The van der Waals surface area contributed by atoms with Crippen LogP contribution in [0, 0.1) is 5.92 Å². The zero-order valence-electron chi connectivity index (χ0n) is 18.5. The van der Waals surface area contributed by atoms with E-state index in [-0.39, 0.29) is 5.91 Å². The molecular formula is C26H34N4O. The van der Waals surface area contributed by atoms with E-state index in [9.17, 15) is 4.79 Å². The predicted octanol–water partition coefficient (Wildman–Crippen LogP) is 3.94. The molecule has 1 aliphatic heterocycles. The average molecular weight is 419 g/mol. The molecule has 1 saturated heterocycles. The first-order chi connectivity index (χ1) is 15.2. The maximum Gasteiger partial charge on any atom is 0.255 e. The monoisotopic (exact) mass is 418 g/mol. The van der Waals surface area contributed by atoms with Crippen molar-refractivity contribution in [2.45, 2.75) is 37.6 Å². The van der Waals surface area contributed by atoms with E-state index >= 15 is 0 Å². The minimum Gasteiger partial charge on any atom is -0.369 e. The fourth-order valence-electron chi connectivity index (χ4n) is 4.71. The number of nitrogens with one attached hydrogen (secondary N) is 2. The second-order valence-corrected chi connectivity index (χ2v) is 9.57. The molecule has 0 radical (unpaired) electrons. The lowest BCUT2D eigenvalue weighted by atomic mass is 9.85. The Morgan fingerprint density at radius 1 is 0.968 bits per heavy atom. The lowest BCUT2D eigenvalue weighted by molar-refractivity contribution is 0.102. The number of amides is 1. The third-order valence-electron chi connectivity index (χ3n) is 7.28. The molecule has 0 bridgehead atoms. The van der Waals surface area contributed by atoms with Gasteiger partial charge >= 0.3 is 0 Å². The number of likely N-dealkylation sites (N-methyl/N-ethyl adjacent to an activating group) is 1. The zero-order chi connectivity index (χ0) is 21.2. The highest BCUT2D eigenvalue weighted by Gasteiger charge is 2.38.